The lowest BCUT2D eigenvalue weighted by molar-refractivity contribution is 0.765. The average molecular weight is 583 g/mol. The van der Waals surface area contributed by atoms with Gasteiger partial charge in [0.15, 0.2) is 0 Å². The van der Waals surface area contributed by atoms with Crippen LogP contribution >= 0.6 is 11.3 Å². The summed E-state index contributed by atoms with van der Waals surface area (Å²) in [5, 5.41) is 37.2. The molecule has 1 N–H and O–H groups in total. The van der Waals surface area contributed by atoms with Crippen LogP contribution in [0.25, 0.3) is 21.5 Å². The van der Waals surface area contributed by atoms with Gasteiger partial charge < -0.3 is 5.32 Å². The fourth-order valence-corrected chi connectivity index (χ4v) is 5.15. The number of nitrogens with zero attached hydrogens (tertiary/aromatic N) is 7. The number of fused-ring (bicyclic) bond motifs is 2. The molecular weight excluding hydrogens is 552 g/mol. The molecule has 9 heteroatoms. The van der Waals surface area contributed by atoms with E-state index < -0.39 is 0 Å². The molecule has 6 aromatic rings. The van der Waals surface area contributed by atoms with Crippen LogP contribution in [0.3, 0.4) is 0 Å². The van der Waals surface area contributed by atoms with Gasteiger partial charge in [0.25, 0.3) is 0 Å². The topological polar surface area (TPSA) is 99.1 Å². The molecule has 0 amide bonds. The van der Waals surface area contributed by atoms with Crippen molar-refractivity contribution < 1.29 is 0 Å². The Hall–Kier alpha value is -5.15. The number of azo groups is 3. The molecule has 1 aromatic heterocycles. The Kier molecular flexibility index (Phi) is 8.33. The standard InChI is InChI=1S/C34H30N8S/c1-4-23(3)36-30-15-16-32(26-10-6-5-9-25(26)30)40-41-33-18-17-31(27-11-7-8-12-28(27)33)39-37-24-13-14-29(22(2)21-24)38-42-34-35-19-20-43-34/h5-21,23,36H,4H2,1-3H3/b39-37+,41-40+,42-38+. The fourth-order valence-electron chi connectivity index (χ4n) is 4.70. The first-order chi connectivity index (χ1) is 21.1. The van der Waals surface area contributed by atoms with Gasteiger partial charge in [-0.25, -0.2) is 4.98 Å². The van der Waals surface area contributed by atoms with E-state index in [1.807, 2.05) is 79.0 Å². The van der Waals surface area contributed by atoms with Crippen LogP contribution in [0.5, 0.6) is 0 Å². The number of anilines is 1. The molecule has 0 bridgehead atoms. The summed E-state index contributed by atoms with van der Waals surface area (Å²) in [6.45, 7) is 6.34. The van der Waals surface area contributed by atoms with E-state index in [1.54, 1.807) is 6.20 Å². The molecule has 0 aliphatic rings. The largest absolute Gasteiger partial charge is 0.382 e. The molecule has 43 heavy (non-hydrogen) atoms. The summed E-state index contributed by atoms with van der Waals surface area (Å²) in [4.78, 5) is 4.14. The van der Waals surface area contributed by atoms with E-state index >= 15 is 0 Å². The van der Waals surface area contributed by atoms with Crippen molar-refractivity contribution >= 4 is 72.1 Å². The summed E-state index contributed by atoms with van der Waals surface area (Å²) in [5.41, 5.74) is 5.91. The summed E-state index contributed by atoms with van der Waals surface area (Å²) in [6, 6.07) is 30.4. The average Bonchev–Trinajstić information content (AvgIpc) is 3.57. The van der Waals surface area contributed by atoms with Crippen molar-refractivity contribution in [1.82, 2.24) is 4.98 Å². The smallest absolute Gasteiger partial charge is 0.229 e. The van der Waals surface area contributed by atoms with Crippen LogP contribution < -0.4 is 5.32 Å². The van der Waals surface area contributed by atoms with E-state index in [2.05, 4.69) is 74.0 Å². The van der Waals surface area contributed by atoms with E-state index in [4.69, 9.17) is 5.11 Å². The molecule has 0 spiro atoms. The van der Waals surface area contributed by atoms with Crippen LogP contribution in [-0.4, -0.2) is 11.0 Å². The van der Waals surface area contributed by atoms with Gasteiger partial charge in [-0.05, 0) is 68.3 Å². The fraction of sp³-hybridized carbons (Fsp3) is 0.147. The predicted molar refractivity (Wildman–Crippen MR) is 177 cm³/mol. The lowest BCUT2D eigenvalue weighted by Gasteiger charge is -2.15. The number of aryl methyl sites for hydroxylation is 1. The highest BCUT2D eigenvalue weighted by atomic mass is 32.1. The van der Waals surface area contributed by atoms with E-state index in [-0.39, 0.29) is 0 Å². The van der Waals surface area contributed by atoms with Crippen LogP contribution in [0, 0.1) is 6.92 Å². The SMILES string of the molecule is CCC(C)Nc1ccc(/N=N/c2ccc(/N=N/c3ccc(/N=N/c4nccs4)c(C)c3)c3ccccc23)c2ccccc12. The molecule has 212 valence electrons. The summed E-state index contributed by atoms with van der Waals surface area (Å²) in [6.07, 6.45) is 2.76. The van der Waals surface area contributed by atoms with Gasteiger partial charge in [0.1, 0.15) is 0 Å². The second-order valence-corrected chi connectivity index (χ2v) is 11.0. The van der Waals surface area contributed by atoms with Crippen molar-refractivity contribution in [3.63, 3.8) is 0 Å². The minimum absolute atomic E-state index is 0.382. The van der Waals surface area contributed by atoms with Gasteiger partial charge in [-0.1, -0.05) is 55.5 Å². The molecule has 0 radical (unpaired) electrons. The van der Waals surface area contributed by atoms with Crippen LogP contribution in [0.1, 0.15) is 25.8 Å². The number of nitrogens with one attached hydrogen (secondary N) is 1. The molecule has 6 rings (SSSR count). The Morgan fingerprint density at radius 2 is 1.23 bits per heavy atom. The van der Waals surface area contributed by atoms with Crippen LogP contribution in [0.4, 0.5) is 39.3 Å². The van der Waals surface area contributed by atoms with Gasteiger partial charge in [-0.2, -0.15) is 5.11 Å². The number of hydrogen-bond donors (Lipinski definition) is 1. The molecule has 0 fully saturated rings. The second kappa shape index (κ2) is 12.8. The van der Waals surface area contributed by atoms with Crippen LogP contribution in [0.2, 0.25) is 0 Å². The third-order valence-electron chi connectivity index (χ3n) is 7.17. The molecular formula is C34H30N8S. The summed E-state index contributed by atoms with van der Waals surface area (Å²) >= 11 is 1.44. The third-order valence-corrected chi connectivity index (χ3v) is 7.83. The van der Waals surface area contributed by atoms with E-state index in [1.165, 1.54) is 11.3 Å². The maximum atomic E-state index is 4.69. The Morgan fingerprint density at radius 1 is 0.674 bits per heavy atom. The highest BCUT2D eigenvalue weighted by Crippen LogP contribution is 2.37. The van der Waals surface area contributed by atoms with E-state index in [0.717, 1.165) is 67.7 Å². The highest BCUT2D eigenvalue weighted by Gasteiger charge is 2.09. The molecule has 0 saturated heterocycles. The minimum atomic E-state index is 0.382. The Bertz CT molecular complexity index is 1980. The first-order valence-corrected chi connectivity index (χ1v) is 15.0. The van der Waals surface area contributed by atoms with Crippen LogP contribution in [-0.2, 0) is 0 Å². The zero-order valence-electron chi connectivity index (χ0n) is 24.1. The van der Waals surface area contributed by atoms with Gasteiger partial charge in [0.2, 0.25) is 5.13 Å². The summed E-state index contributed by atoms with van der Waals surface area (Å²) in [7, 11) is 0. The van der Waals surface area contributed by atoms with Crippen molar-refractivity contribution in [2.45, 2.75) is 33.2 Å². The quantitative estimate of drug-likeness (QED) is 0.171. The van der Waals surface area contributed by atoms with Gasteiger partial charge in [0.05, 0.1) is 28.4 Å². The van der Waals surface area contributed by atoms with Gasteiger partial charge in [0, 0.05) is 44.9 Å². The number of benzene rings is 5. The highest BCUT2D eigenvalue weighted by molar-refractivity contribution is 7.13. The van der Waals surface area contributed by atoms with Crippen molar-refractivity contribution in [2.75, 3.05) is 5.32 Å². The minimum Gasteiger partial charge on any atom is -0.382 e. The first kappa shape index (κ1) is 28.0. The number of thiazole rings is 1. The lowest BCUT2D eigenvalue weighted by Crippen LogP contribution is -2.13. The summed E-state index contributed by atoms with van der Waals surface area (Å²) in [5.74, 6) is 0. The van der Waals surface area contributed by atoms with E-state index in [0.29, 0.717) is 11.2 Å². The second-order valence-electron chi connectivity index (χ2n) is 10.2. The predicted octanol–water partition coefficient (Wildman–Crippen LogP) is 12.2. The molecule has 0 aliphatic carbocycles. The molecule has 5 aromatic carbocycles. The molecule has 1 atom stereocenters. The first-order valence-electron chi connectivity index (χ1n) is 14.1. The zero-order valence-corrected chi connectivity index (χ0v) is 25.0. The van der Waals surface area contributed by atoms with Gasteiger partial charge in [-0.3, -0.25) is 0 Å². The van der Waals surface area contributed by atoms with Crippen LogP contribution in [0.15, 0.2) is 133 Å². The van der Waals surface area contributed by atoms with Crippen molar-refractivity contribution in [2.24, 2.45) is 30.7 Å². The van der Waals surface area contributed by atoms with Crippen molar-refractivity contribution in [3.05, 3.63) is 108 Å². The number of aromatic nitrogens is 1. The molecule has 0 aliphatic heterocycles. The maximum Gasteiger partial charge on any atom is 0.229 e. The Morgan fingerprint density at radius 3 is 1.84 bits per heavy atom. The Labute approximate surface area is 254 Å². The Balaban J connectivity index is 1.27. The number of hydrogen-bond acceptors (Lipinski definition) is 9. The van der Waals surface area contributed by atoms with Crippen molar-refractivity contribution in [1.29, 1.82) is 0 Å². The summed E-state index contributed by atoms with van der Waals surface area (Å²) < 4.78 is 0. The zero-order chi connectivity index (χ0) is 29.6. The molecule has 1 heterocycles. The van der Waals surface area contributed by atoms with E-state index in [9.17, 15) is 0 Å². The normalized spacial score (nSPS) is 12.7. The van der Waals surface area contributed by atoms with Gasteiger partial charge >= 0.3 is 0 Å². The lowest BCUT2D eigenvalue weighted by atomic mass is 10.1. The third kappa shape index (κ3) is 6.37. The monoisotopic (exact) mass is 582 g/mol. The number of rotatable bonds is 9. The maximum absolute atomic E-state index is 4.69. The van der Waals surface area contributed by atoms with Crippen molar-refractivity contribution in [3.8, 4) is 0 Å². The molecule has 1 unspecified atom stereocenters. The molecule has 8 nitrogen and oxygen atoms in total. The molecule has 0 saturated carbocycles. The van der Waals surface area contributed by atoms with Gasteiger partial charge in [-0.15, -0.1) is 36.9 Å².